The molecule has 2 N–H and O–H groups in total. The fourth-order valence-electron chi connectivity index (χ4n) is 2.00. The average molecular weight is 295 g/mol. The average Bonchev–Trinajstić information content (AvgIpc) is 3.21. The van der Waals surface area contributed by atoms with Gasteiger partial charge in [0.25, 0.3) is 5.91 Å². The third-order valence-electron chi connectivity index (χ3n) is 3.36. The number of carboxylic acid groups (broad SMARTS) is 1. The first-order valence-electron chi connectivity index (χ1n) is 6.91. The van der Waals surface area contributed by atoms with Crippen LogP contribution in [0.3, 0.4) is 0 Å². The first-order chi connectivity index (χ1) is 9.95. The summed E-state index contributed by atoms with van der Waals surface area (Å²) in [6, 6.07) is 4.55. The number of benzene rings is 1. The van der Waals surface area contributed by atoms with E-state index in [0.717, 1.165) is 12.8 Å². The molecular formula is C15H18FNO4. The molecule has 2 unspecified atom stereocenters. The van der Waals surface area contributed by atoms with Crippen LogP contribution in [0.4, 0.5) is 4.39 Å². The van der Waals surface area contributed by atoms with E-state index in [1.54, 1.807) is 0 Å². The zero-order valence-electron chi connectivity index (χ0n) is 11.7. The summed E-state index contributed by atoms with van der Waals surface area (Å²) in [7, 11) is 0. The van der Waals surface area contributed by atoms with Gasteiger partial charge in [-0.2, -0.15) is 0 Å². The minimum absolute atomic E-state index is 0.228. The van der Waals surface area contributed by atoms with E-state index in [1.165, 1.54) is 31.2 Å². The van der Waals surface area contributed by atoms with Crippen molar-refractivity contribution in [2.24, 2.45) is 5.92 Å². The van der Waals surface area contributed by atoms with Crippen LogP contribution in [-0.4, -0.2) is 29.1 Å². The number of aliphatic carboxylic acids is 1. The Bertz CT molecular complexity index is 530. The summed E-state index contributed by atoms with van der Waals surface area (Å²) in [6.07, 6.45) is 1.56. The van der Waals surface area contributed by atoms with Gasteiger partial charge in [-0.3, -0.25) is 4.79 Å². The molecule has 0 spiro atoms. The van der Waals surface area contributed by atoms with E-state index in [1.807, 2.05) is 0 Å². The van der Waals surface area contributed by atoms with Gasteiger partial charge in [-0.25, -0.2) is 9.18 Å². The van der Waals surface area contributed by atoms with Gasteiger partial charge >= 0.3 is 5.97 Å². The molecule has 1 amide bonds. The highest BCUT2D eigenvalue weighted by Gasteiger charge is 2.31. The Kier molecular flexibility index (Phi) is 4.77. The maximum atomic E-state index is 13.0. The van der Waals surface area contributed by atoms with E-state index in [2.05, 4.69) is 5.32 Å². The molecule has 5 nitrogen and oxygen atoms in total. The summed E-state index contributed by atoms with van der Waals surface area (Å²) in [5.41, 5.74) is 0. The van der Waals surface area contributed by atoms with Crippen LogP contribution in [0.2, 0.25) is 0 Å². The highest BCUT2D eigenvalue weighted by atomic mass is 19.1. The van der Waals surface area contributed by atoms with Gasteiger partial charge in [0.2, 0.25) is 0 Å². The van der Waals surface area contributed by atoms with Gasteiger partial charge in [0.1, 0.15) is 17.6 Å². The molecule has 2 rings (SSSR count). The predicted octanol–water partition coefficient (Wildman–Crippen LogP) is 1.96. The number of hydrogen-bond donors (Lipinski definition) is 2. The normalized spacial score (nSPS) is 16.9. The number of carbonyl (C=O) groups is 2. The second-order valence-electron chi connectivity index (χ2n) is 5.30. The van der Waals surface area contributed by atoms with Gasteiger partial charge in [0.15, 0.2) is 6.10 Å². The number of carbonyl (C=O) groups excluding carboxylic acids is 1. The predicted molar refractivity (Wildman–Crippen MR) is 73.4 cm³/mol. The lowest BCUT2D eigenvalue weighted by Gasteiger charge is -2.18. The van der Waals surface area contributed by atoms with Crippen molar-refractivity contribution >= 4 is 11.9 Å². The highest BCUT2D eigenvalue weighted by Crippen LogP contribution is 2.33. The Balaban J connectivity index is 1.89. The minimum atomic E-state index is -1.05. The third kappa shape index (κ3) is 4.73. The Morgan fingerprint density at radius 2 is 2.19 bits per heavy atom. The number of hydrogen-bond acceptors (Lipinski definition) is 3. The highest BCUT2D eigenvalue weighted by molar-refractivity contribution is 5.86. The van der Waals surface area contributed by atoms with Crippen LogP contribution >= 0.6 is 0 Å². The summed E-state index contributed by atoms with van der Waals surface area (Å²) in [4.78, 5) is 23.1. The van der Waals surface area contributed by atoms with E-state index in [-0.39, 0.29) is 5.75 Å². The van der Waals surface area contributed by atoms with Gasteiger partial charge in [-0.05, 0) is 31.4 Å². The van der Waals surface area contributed by atoms with E-state index in [4.69, 9.17) is 9.84 Å². The number of amides is 1. The van der Waals surface area contributed by atoms with Gasteiger partial charge in [0, 0.05) is 6.07 Å². The number of ether oxygens (including phenoxy) is 1. The van der Waals surface area contributed by atoms with Crippen molar-refractivity contribution in [3.8, 4) is 5.75 Å². The Morgan fingerprint density at radius 1 is 1.48 bits per heavy atom. The van der Waals surface area contributed by atoms with Gasteiger partial charge in [0.05, 0.1) is 0 Å². The molecule has 1 aromatic rings. The Labute approximate surface area is 122 Å². The molecule has 0 saturated heterocycles. The van der Waals surface area contributed by atoms with Crippen LogP contribution in [0.15, 0.2) is 24.3 Å². The Morgan fingerprint density at radius 3 is 2.76 bits per heavy atom. The zero-order valence-corrected chi connectivity index (χ0v) is 11.7. The standard InChI is InChI=1S/C15H18FNO4/c1-9(21-12-4-2-3-11(16)8-12)14(18)17-13(15(19)20)7-10-5-6-10/h2-4,8-10,13H,5-7H2,1H3,(H,17,18)(H,19,20). The molecule has 114 valence electrons. The smallest absolute Gasteiger partial charge is 0.326 e. The van der Waals surface area contributed by atoms with Crippen molar-refractivity contribution in [3.05, 3.63) is 30.1 Å². The molecule has 0 aliphatic heterocycles. The first-order valence-corrected chi connectivity index (χ1v) is 6.91. The van der Waals surface area contributed by atoms with Crippen LogP contribution in [0, 0.1) is 11.7 Å². The quantitative estimate of drug-likeness (QED) is 0.806. The van der Waals surface area contributed by atoms with Crippen LogP contribution in [0.5, 0.6) is 5.75 Å². The maximum Gasteiger partial charge on any atom is 0.326 e. The zero-order chi connectivity index (χ0) is 15.4. The number of carboxylic acids is 1. The molecule has 2 atom stereocenters. The van der Waals surface area contributed by atoms with Crippen LogP contribution in [-0.2, 0) is 9.59 Å². The summed E-state index contributed by atoms with van der Waals surface area (Å²) in [5, 5.41) is 11.6. The SMILES string of the molecule is CC(Oc1cccc(F)c1)C(=O)NC(CC1CC1)C(=O)O. The number of nitrogens with one attached hydrogen (secondary N) is 1. The van der Waals surface area contributed by atoms with Crippen molar-refractivity contribution in [1.29, 1.82) is 0 Å². The molecule has 0 radical (unpaired) electrons. The monoisotopic (exact) mass is 295 g/mol. The maximum absolute atomic E-state index is 13.0. The van der Waals surface area contributed by atoms with Crippen LogP contribution < -0.4 is 10.1 Å². The van der Waals surface area contributed by atoms with E-state index in [9.17, 15) is 14.0 Å². The minimum Gasteiger partial charge on any atom is -0.481 e. The number of halogens is 1. The second kappa shape index (κ2) is 6.56. The van der Waals surface area contributed by atoms with Crippen molar-refractivity contribution in [2.45, 2.75) is 38.3 Å². The number of rotatable bonds is 7. The lowest BCUT2D eigenvalue weighted by atomic mass is 10.1. The summed E-state index contributed by atoms with van der Waals surface area (Å²) >= 11 is 0. The molecule has 1 saturated carbocycles. The molecule has 6 heteroatoms. The lowest BCUT2D eigenvalue weighted by Crippen LogP contribution is -2.46. The Hall–Kier alpha value is -2.11. The molecule has 0 heterocycles. The first kappa shape index (κ1) is 15.3. The van der Waals surface area contributed by atoms with Crippen molar-refractivity contribution in [3.63, 3.8) is 0 Å². The van der Waals surface area contributed by atoms with Gasteiger partial charge in [-0.15, -0.1) is 0 Å². The van der Waals surface area contributed by atoms with Crippen molar-refractivity contribution in [1.82, 2.24) is 5.32 Å². The molecule has 1 aromatic carbocycles. The van der Waals surface area contributed by atoms with Gasteiger partial charge in [-0.1, -0.05) is 18.9 Å². The molecule has 1 aliphatic carbocycles. The van der Waals surface area contributed by atoms with E-state index < -0.39 is 29.8 Å². The molecule has 1 aliphatic rings. The fraction of sp³-hybridized carbons (Fsp3) is 0.467. The molecular weight excluding hydrogens is 277 g/mol. The molecule has 1 fully saturated rings. The summed E-state index contributed by atoms with van der Waals surface area (Å²) < 4.78 is 18.3. The third-order valence-corrected chi connectivity index (χ3v) is 3.36. The fourth-order valence-corrected chi connectivity index (χ4v) is 2.00. The van der Waals surface area contributed by atoms with Crippen LogP contribution in [0.1, 0.15) is 26.2 Å². The second-order valence-corrected chi connectivity index (χ2v) is 5.30. The molecule has 0 bridgehead atoms. The summed E-state index contributed by atoms with van der Waals surface area (Å²) in [6.45, 7) is 1.50. The van der Waals surface area contributed by atoms with E-state index in [0.29, 0.717) is 12.3 Å². The van der Waals surface area contributed by atoms with E-state index >= 15 is 0 Å². The molecule has 21 heavy (non-hydrogen) atoms. The topological polar surface area (TPSA) is 75.6 Å². The molecule has 0 aromatic heterocycles. The van der Waals surface area contributed by atoms with Crippen molar-refractivity contribution in [2.75, 3.05) is 0 Å². The largest absolute Gasteiger partial charge is 0.481 e. The summed E-state index contributed by atoms with van der Waals surface area (Å²) in [5.74, 6) is -1.42. The lowest BCUT2D eigenvalue weighted by molar-refractivity contribution is -0.143. The van der Waals surface area contributed by atoms with Crippen molar-refractivity contribution < 1.29 is 23.8 Å². The van der Waals surface area contributed by atoms with Gasteiger partial charge < -0.3 is 15.2 Å². The van der Waals surface area contributed by atoms with Crippen LogP contribution in [0.25, 0.3) is 0 Å².